The summed E-state index contributed by atoms with van der Waals surface area (Å²) < 4.78 is 5.30. The summed E-state index contributed by atoms with van der Waals surface area (Å²) in [6, 6.07) is 8.22. The van der Waals surface area contributed by atoms with Crippen molar-refractivity contribution in [1.82, 2.24) is 0 Å². The van der Waals surface area contributed by atoms with Gasteiger partial charge in [0.1, 0.15) is 5.75 Å². The van der Waals surface area contributed by atoms with Crippen LogP contribution in [0.15, 0.2) is 47.6 Å². The molecule has 0 aliphatic carbocycles. The molecule has 0 amide bonds. The summed E-state index contributed by atoms with van der Waals surface area (Å²) in [4.78, 5) is 2.34. The highest BCUT2D eigenvalue weighted by atomic mass is 35.5. The Morgan fingerprint density at radius 2 is 1.60 bits per heavy atom. The van der Waals surface area contributed by atoms with E-state index in [1.54, 1.807) is 7.11 Å². The predicted octanol–water partition coefficient (Wildman–Crippen LogP) is 4.86. The molecule has 20 heavy (non-hydrogen) atoms. The molecular weight excluding hydrogens is 270 g/mol. The van der Waals surface area contributed by atoms with Crippen LogP contribution >= 0.6 is 12.4 Å². The number of halogens is 1. The molecule has 1 rings (SSSR count). The molecule has 0 saturated carbocycles. The smallest absolute Gasteiger partial charge is 0.120 e. The Balaban J connectivity index is 0.00000361. The summed E-state index contributed by atoms with van der Waals surface area (Å²) in [6.07, 6.45) is 4.50. The number of rotatable bonds is 6. The van der Waals surface area contributed by atoms with Gasteiger partial charge in [0, 0.05) is 24.8 Å². The van der Waals surface area contributed by atoms with Crippen LogP contribution in [0.3, 0.4) is 0 Å². The van der Waals surface area contributed by atoms with Gasteiger partial charge in [-0.15, -0.1) is 12.4 Å². The molecule has 0 radical (unpaired) electrons. The van der Waals surface area contributed by atoms with Crippen molar-refractivity contribution in [3.8, 4) is 5.75 Å². The summed E-state index contributed by atoms with van der Waals surface area (Å²) >= 11 is 0. The normalized spacial score (nSPS) is 9.25. The number of anilines is 1. The number of benzene rings is 1. The average molecular weight is 296 g/mol. The predicted molar refractivity (Wildman–Crippen MR) is 91.3 cm³/mol. The first-order chi connectivity index (χ1) is 9.02. The lowest BCUT2D eigenvalue weighted by molar-refractivity contribution is 0.415. The van der Waals surface area contributed by atoms with E-state index in [1.165, 1.54) is 16.8 Å². The van der Waals surface area contributed by atoms with Crippen molar-refractivity contribution < 1.29 is 4.74 Å². The van der Waals surface area contributed by atoms with Crippen LogP contribution < -0.4 is 9.64 Å². The van der Waals surface area contributed by atoms with E-state index < -0.39 is 0 Å². The maximum absolute atomic E-state index is 5.30. The molecule has 3 heteroatoms. The minimum Gasteiger partial charge on any atom is -0.497 e. The molecule has 2 nitrogen and oxygen atoms in total. The van der Waals surface area contributed by atoms with Gasteiger partial charge in [-0.05, 0) is 39.8 Å². The minimum absolute atomic E-state index is 0. The second-order valence-electron chi connectivity index (χ2n) is 5.17. The number of ether oxygens (including phenoxy) is 1. The zero-order valence-electron chi connectivity index (χ0n) is 13.1. The molecule has 1 aromatic carbocycles. The van der Waals surface area contributed by atoms with Gasteiger partial charge < -0.3 is 9.64 Å². The van der Waals surface area contributed by atoms with Gasteiger partial charge in [-0.25, -0.2) is 0 Å². The quantitative estimate of drug-likeness (QED) is 0.695. The van der Waals surface area contributed by atoms with Crippen LogP contribution in [0, 0.1) is 0 Å². The van der Waals surface area contributed by atoms with Crippen LogP contribution in [0.5, 0.6) is 5.75 Å². The summed E-state index contributed by atoms with van der Waals surface area (Å²) in [5.41, 5.74) is 3.87. The first-order valence-electron chi connectivity index (χ1n) is 6.68. The Labute approximate surface area is 129 Å². The Morgan fingerprint density at radius 1 is 1.05 bits per heavy atom. The van der Waals surface area contributed by atoms with E-state index in [0.717, 1.165) is 18.8 Å². The van der Waals surface area contributed by atoms with E-state index in [4.69, 9.17) is 4.74 Å². The third kappa shape index (κ3) is 6.67. The number of nitrogens with zero attached hydrogens (tertiary/aromatic N) is 1. The minimum atomic E-state index is 0. The van der Waals surface area contributed by atoms with E-state index in [9.17, 15) is 0 Å². The molecule has 1 aromatic rings. The molecule has 0 aromatic heterocycles. The van der Waals surface area contributed by atoms with E-state index in [-0.39, 0.29) is 12.4 Å². The maximum Gasteiger partial charge on any atom is 0.120 e. The first kappa shape index (κ1) is 18.6. The lowest BCUT2D eigenvalue weighted by atomic mass is 10.2. The van der Waals surface area contributed by atoms with Gasteiger partial charge in [-0.1, -0.05) is 29.4 Å². The average Bonchev–Trinajstić information content (AvgIpc) is 2.38. The zero-order chi connectivity index (χ0) is 14.3. The van der Waals surface area contributed by atoms with Crippen molar-refractivity contribution in [1.29, 1.82) is 0 Å². The molecule has 0 fully saturated rings. The van der Waals surface area contributed by atoms with Gasteiger partial charge in [0.25, 0.3) is 0 Å². The molecule has 0 bridgehead atoms. The van der Waals surface area contributed by atoms with Crippen LogP contribution in [-0.2, 0) is 0 Å². The fourth-order valence-electron chi connectivity index (χ4n) is 1.68. The number of methoxy groups -OCH3 is 1. The number of hydrogen-bond acceptors (Lipinski definition) is 2. The lowest BCUT2D eigenvalue weighted by Gasteiger charge is -2.23. The van der Waals surface area contributed by atoms with Crippen molar-refractivity contribution >= 4 is 18.1 Å². The fraction of sp³-hybridized carbons (Fsp3) is 0.412. The van der Waals surface area contributed by atoms with Crippen molar-refractivity contribution in [2.75, 3.05) is 25.1 Å². The van der Waals surface area contributed by atoms with E-state index in [2.05, 4.69) is 56.9 Å². The van der Waals surface area contributed by atoms with E-state index in [1.807, 2.05) is 12.1 Å². The van der Waals surface area contributed by atoms with Gasteiger partial charge in [0.15, 0.2) is 0 Å². The van der Waals surface area contributed by atoms with Gasteiger partial charge in [-0.3, -0.25) is 0 Å². The monoisotopic (exact) mass is 295 g/mol. The van der Waals surface area contributed by atoms with E-state index >= 15 is 0 Å². The molecule has 0 spiro atoms. The van der Waals surface area contributed by atoms with Crippen LogP contribution in [0.1, 0.15) is 27.7 Å². The Morgan fingerprint density at radius 3 is 2.05 bits per heavy atom. The molecular formula is C17H26ClNO. The van der Waals surface area contributed by atoms with Crippen LogP contribution in [-0.4, -0.2) is 20.2 Å². The van der Waals surface area contributed by atoms with Crippen molar-refractivity contribution in [2.45, 2.75) is 27.7 Å². The van der Waals surface area contributed by atoms with Gasteiger partial charge in [-0.2, -0.15) is 0 Å². The van der Waals surface area contributed by atoms with Crippen molar-refractivity contribution in [2.24, 2.45) is 0 Å². The first-order valence-corrected chi connectivity index (χ1v) is 6.68. The third-order valence-corrected chi connectivity index (χ3v) is 2.86. The molecule has 0 aliphatic heterocycles. The summed E-state index contributed by atoms with van der Waals surface area (Å²) in [7, 11) is 1.70. The van der Waals surface area contributed by atoms with Crippen LogP contribution in [0.4, 0.5) is 5.69 Å². The molecule has 0 saturated heterocycles. The lowest BCUT2D eigenvalue weighted by Crippen LogP contribution is -2.23. The third-order valence-electron chi connectivity index (χ3n) is 2.86. The highest BCUT2D eigenvalue weighted by Crippen LogP contribution is 2.21. The number of allylic oxidation sites excluding steroid dienone is 2. The molecule has 0 unspecified atom stereocenters. The van der Waals surface area contributed by atoms with Gasteiger partial charge in [0.05, 0.1) is 7.11 Å². The second kappa shape index (κ2) is 9.49. The molecule has 0 aliphatic rings. The Kier molecular flexibility index (Phi) is 8.82. The summed E-state index contributed by atoms with van der Waals surface area (Å²) in [6.45, 7) is 10.4. The Bertz CT molecular complexity index is 438. The summed E-state index contributed by atoms with van der Waals surface area (Å²) in [5, 5.41) is 0. The van der Waals surface area contributed by atoms with Gasteiger partial charge in [0.2, 0.25) is 0 Å². The topological polar surface area (TPSA) is 12.5 Å². The second-order valence-corrected chi connectivity index (χ2v) is 5.17. The maximum atomic E-state index is 5.30. The molecule has 0 atom stereocenters. The highest BCUT2D eigenvalue weighted by Gasteiger charge is 2.04. The standard InChI is InChI=1S/C17H25NO.ClH/c1-14(2)9-11-18(12-10-15(3)4)16-7-6-8-17(13-16)19-5;/h6-10,13H,11-12H2,1-5H3;1H. The molecule has 112 valence electrons. The van der Waals surface area contributed by atoms with E-state index in [0.29, 0.717) is 0 Å². The van der Waals surface area contributed by atoms with Crippen LogP contribution in [0.25, 0.3) is 0 Å². The molecule has 0 heterocycles. The van der Waals surface area contributed by atoms with Gasteiger partial charge >= 0.3 is 0 Å². The van der Waals surface area contributed by atoms with Crippen molar-refractivity contribution in [3.05, 3.63) is 47.6 Å². The number of hydrogen-bond donors (Lipinski definition) is 0. The largest absolute Gasteiger partial charge is 0.497 e. The van der Waals surface area contributed by atoms with Crippen molar-refractivity contribution in [3.63, 3.8) is 0 Å². The highest BCUT2D eigenvalue weighted by molar-refractivity contribution is 5.85. The fourth-order valence-corrected chi connectivity index (χ4v) is 1.68. The SMILES string of the molecule is COc1cccc(N(CC=C(C)C)CC=C(C)C)c1.Cl. The molecule has 0 N–H and O–H groups in total. The Hall–Kier alpha value is -1.41. The summed E-state index contributed by atoms with van der Waals surface area (Å²) in [5.74, 6) is 0.900. The zero-order valence-corrected chi connectivity index (χ0v) is 14.0. The van der Waals surface area contributed by atoms with Crippen LogP contribution in [0.2, 0.25) is 0 Å².